The quantitative estimate of drug-likeness (QED) is 0.597. The Labute approximate surface area is 100 Å². The van der Waals surface area contributed by atoms with Gasteiger partial charge in [-0.25, -0.2) is 4.39 Å². The van der Waals surface area contributed by atoms with E-state index in [4.69, 9.17) is 0 Å². The zero-order valence-corrected chi connectivity index (χ0v) is 9.90. The fourth-order valence-electron chi connectivity index (χ4n) is 1.35. The number of aromatic nitrogens is 1. The number of unbranched alkanes of at least 4 members (excludes halogenated alkanes) is 2. The molecule has 0 aliphatic carbocycles. The summed E-state index contributed by atoms with van der Waals surface area (Å²) in [7, 11) is 0. The van der Waals surface area contributed by atoms with Gasteiger partial charge in [-0.3, -0.25) is 4.98 Å². The highest BCUT2D eigenvalue weighted by atomic mass is 19.1. The van der Waals surface area contributed by atoms with Crippen molar-refractivity contribution in [3.05, 3.63) is 42.3 Å². The van der Waals surface area contributed by atoms with Crippen LogP contribution in [0.25, 0.3) is 10.9 Å². The van der Waals surface area contributed by atoms with E-state index in [0.717, 1.165) is 30.9 Å². The van der Waals surface area contributed by atoms with Crippen LogP contribution in [0.3, 0.4) is 0 Å². The first kappa shape index (κ1) is 13.3. The number of nitrogens with zero attached hydrogens (tertiary/aromatic N) is 1. The number of hydrogen-bond donors (Lipinski definition) is 0. The molecule has 0 unspecified atom stereocenters. The minimum absolute atomic E-state index is 0.261. The van der Waals surface area contributed by atoms with Crippen LogP contribution in [0.1, 0.15) is 26.2 Å². The van der Waals surface area contributed by atoms with Gasteiger partial charge in [-0.2, -0.15) is 0 Å². The molecule has 2 aromatic rings. The molecule has 1 aromatic carbocycles. The highest BCUT2D eigenvalue weighted by molar-refractivity contribution is 5.78. The molecule has 0 aliphatic rings. The van der Waals surface area contributed by atoms with Crippen LogP contribution < -0.4 is 0 Å². The van der Waals surface area contributed by atoms with E-state index in [1.54, 1.807) is 18.3 Å². The van der Waals surface area contributed by atoms with Crippen molar-refractivity contribution in [3.8, 4) is 0 Å². The third-order valence-corrected chi connectivity index (χ3v) is 2.26. The molecule has 0 aliphatic heterocycles. The summed E-state index contributed by atoms with van der Waals surface area (Å²) in [6.07, 6.45) is 5.45. The van der Waals surface area contributed by atoms with Gasteiger partial charge in [0, 0.05) is 18.0 Å². The van der Waals surface area contributed by atoms with E-state index in [-0.39, 0.29) is 5.82 Å². The maximum absolute atomic E-state index is 12.9. The minimum atomic E-state index is -0.261. The van der Waals surface area contributed by atoms with Gasteiger partial charge in [0.25, 0.3) is 0 Å². The molecule has 2 rings (SSSR count). The highest BCUT2D eigenvalue weighted by Crippen LogP contribution is 2.13. The lowest BCUT2D eigenvalue weighted by Crippen LogP contribution is -1.81. The molecule has 0 bridgehead atoms. The van der Waals surface area contributed by atoms with Gasteiger partial charge in [0.2, 0.25) is 0 Å². The van der Waals surface area contributed by atoms with Crippen molar-refractivity contribution in [1.82, 2.24) is 4.98 Å². The lowest BCUT2D eigenvalue weighted by molar-refractivity contribution is -0.107. The lowest BCUT2D eigenvalue weighted by atomic mass is 10.2. The van der Waals surface area contributed by atoms with Gasteiger partial charge >= 0.3 is 0 Å². The predicted octanol–water partition coefficient (Wildman–Crippen LogP) is 3.75. The molecule has 1 aromatic heterocycles. The van der Waals surface area contributed by atoms with E-state index in [9.17, 15) is 9.18 Å². The van der Waals surface area contributed by atoms with Crippen LogP contribution in [0.2, 0.25) is 0 Å². The number of carbonyl (C=O) groups is 1. The summed E-state index contributed by atoms with van der Waals surface area (Å²) < 4.78 is 12.9. The number of rotatable bonds is 3. The van der Waals surface area contributed by atoms with Crippen LogP contribution in [-0.2, 0) is 4.79 Å². The zero-order valence-electron chi connectivity index (χ0n) is 9.90. The molecular weight excluding hydrogens is 217 g/mol. The smallest absolute Gasteiger partial charge is 0.149 e. The topological polar surface area (TPSA) is 30.0 Å². The van der Waals surface area contributed by atoms with E-state index in [2.05, 4.69) is 11.9 Å². The van der Waals surface area contributed by atoms with Gasteiger partial charge in [-0.1, -0.05) is 31.5 Å². The second-order valence-electron chi connectivity index (χ2n) is 3.62. The Morgan fingerprint density at radius 1 is 1.29 bits per heavy atom. The molecule has 0 spiro atoms. The Kier molecular flexibility index (Phi) is 5.86. The number of fused-ring (bicyclic) bond motifs is 1. The maximum atomic E-state index is 12.9. The standard InChI is InChI=1S/C9H6FN.C5H10O/c10-8-5-1-3-7-4-2-6-11-9(7)8;1-2-3-4-5-6/h1-6H;5H,2-4H2,1H3. The normalized spacial score (nSPS) is 9.53. The van der Waals surface area contributed by atoms with Gasteiger partial charge < -0.3 is 4.79 Å². The fraction of sp³-hybridized carbons (Fsp3) is 0.286. The summed E-state index contributed by atoms with van der Waals surface area (Å²) in [5, 5.41) is 0.840. The number of pyridine rings is 1. The monoisotopic (exact) mass is 233 g/mol. The largest absolute Gasteiger partial charge is 0.303 e. The van der Waals surface area contributed by atoms with Crippen molar-refractivity contribution in [1.29, 1.82) is 0 Å². The van der Waals surface area contributed by atoms with Crippen molar-refractivity contribution in [2.45, 2.75) is 26.2 Å². The molecule has 0 saturated carbocycles. The number of para-hydroxylation sites is 1. The van der Waals surface area contributed by atoms with E-state index in [1.807, 2.05) is 12.1 Å². The van der Waals surface area contributed by atoms with E-state index in [1.165, 1.54) is 6.07 Å². The van der Waals surface area contributed by atoms with Crippen LogP contribution in [0.15, 0.2) is 36.5 Å². The Bertz CT molecular complexity index is 465. The van der Waals surface area contributed by atoms with Crippen molar-refractivity contribution < 1.29 is 9.18 Å². The average molecular weight is 233 g/mol. The molecule has 2 nitrogen and oxygen atoms in total. The third-order valence-electron chi connectivity index (χ3n) is 2.26. The van der Waals surface area contributed by atoms with E-state index < -0.39 is 0 Å². The molecule has 17 heavy (non-hydrogen) atoms. The van der Waals surface area contributed by atoms with Gasteiger partial charge in [0.15, 0.2) is 0 Å². The Morgan fingerprint density at radius 2 is 2.06 bits per heavy atom. The second-order valence-corrected chi connectivity index (χ2v) is 3.62. The summed E-state index contributed by atoms with van der Waals surface area (Å²) >= 11 is 0. The molecule has 0 fully saturated rings. The summed E-state index contributed by atoms with van der Waals surface area (Å²) in [6, 6.07) is 8.56. The molecule has 1 heterocycles. The van der Waals surface area contributed by atoms with Crippen molar-refractivity contribution in [3.63, 3.8) is 0 Å². The van der Waals surface area contributed by atoms with Gasteiger partial charge in [0.1, 0.15) is 17.6 Å². The second kappa shape index (κ2) is 7.49. The lowest BCUT2D eigenvalue weighted by Gasteiger charge is -1.94. The Morgan fingerprint density at radius 3 is 2.65 bits per heavy atom. The summed E-state index contributed by atoms with van der Waals surface area (Å²) in [5.41, 5.74) is 0.440. The summed E-state index contributed by atoms with van der Waals surface area (Å²) in [6.45, 7) is 2.07. The first-order valence-corrected chi connectivity index (χ1v) is 5.72. The van der Waals surface area contributed by atoms with Crippen molar-refractivity contribution in [2.75, 3.05) is 0 Å². The van der Waals surface area contributed by atoms with E-state index in [0.29, 0.717) is 5.52 Å². The molecule has 0 radical (unpaired) electrons. The predicted molar refractivity (Wildman–Crippen MR) is 67.3 cm³/mol. The van der Waals surface area contributed by atoms with Crippen molar-refractivity contribution >= 4 is 17.2 Å². The number of halogens is 1. The van der Waals surface area contributed by atoms with Crippen LogP contribution in [0.5, 0.6) is 0 Å². The van der Waals surface area contributed by atoms with Gasteiger partial charge in [0.05, 0.1) is 0 Å². The first-order chi connectivity index (χ1) is 8.29. The highest BCUT2D eigenvalue weighted by Gasteiger charge is 1.97. The fourth-order valence-corrected chi connectivity index (χ4v) is 1.35. The molecule has 0 atom stereocenters. The Balaban J connectivity index is 0.000000209. The molecular formula is C14H16FNO. The molecule has 3 heteroatoms. The first-order valence-electron chi connectivity index (χ1n) is 5.72. The van der Waals surface area contributed by atoms with Gasteiger partial charge in [-0.05, 0) is 18.6 Å². The molecule has 0 saturated heterocycles. The number of aldehydes is 1. The van der Waals surface area contributed by atoms with Crippen LogP contribution in [0.4, 0.5) is 4.39 Å². The van der Waals surface area contributed by atoms with Gasteiger partial charge in [-0.15, -0.1) is 0 Å². The van der Waals surface area contributed by atoms with Crippen LogP contribution in [0, 0.1) is 5.82 Å². The number of benzene rings is 1. The van der Waals surface area contributed by atoms with Crippen molar-refractivity contribution in [2.24, 2.45) is 0 Å². The third kappa shape index (κ3) is 4.31. The van der Waals surface area contributed by atoms with Crippen LogP contribution >= 0.6 is 0 Å². The SMILES string of the molecule is CCCCC=O.Fc1cccc2cccnc12. The summed E-state index contributed by atoms with van der Waals surface area (Å²) in [4.78, 5) is 13.5. The molecule has 0 amide bonds. The molecule has 0 N–H and O–H groups in total. The van der Waals surface area contributed by atoms with Crippen LogP contribution in [-0.4, -0.2) is 11.3 Å². The number of hydrogen-bond acceptors (Lipinski definition) is 2. The average Bonchev–Trinajstić information content (AvgIpc) is 2.38. The number of carbonyl (C=O) groups excluding carboxylic acids is 1. The molecule has 90 valence electrons. The maximum Gasteiger partial charge on any atom is 0.149 e. The zero-order chi connectivity index (χ0) is 12.5. The van der Waals surface area contributed by atoms with E-state index >= 15 is 0 Å². The summed E-state index contributed by atoms with van der Waals surface area (Å²) in [5.74, 6) is -0.261. The minimum Gasteiger partial charge on any atom is -0.303 e. The Hall–Kier alpha value is -1.77.